The monoisotopic (exact) mass is 368 g/mol. The first kappa shape index (κ1) is 19.2. The van der Waals surface area contributed by atoms with Crippen molar-refractivity contribution < 1.29 is 14.3 Å². The number of para-hydroxylation sites is 1. The maximum atomic E-state index is 13.2. The van der Waals surface area contributed by atoms with E-state index >= 15 is 0 Å². The van der Waals surface area contributed by atoms with Gasteiger partial charge in [0.1, 0.15) is 11.5 Å². The molecule has 1 aliphatic rings. The number of aryl methyl sites for hydroxylation is 3. The molecule has 0 saturated heterocycles. The zero-order valence-electron chi connectivity index (χ0n) is 16.5. The molecule has 144 valence electrons. The number of carbonyl (C=O) groups excluding carboxylic acids is 1. The molecule has 0 aliphatic carbocycles. The molecule has 3 rings (SSSR count). The van der Waals surface area contributed by atoms with Crippen molar-refractivity contribution in [2.24, 2.45) is 5.73 Å². The fourth-order valence-corrected chi connectivity index (χ4v) is 3.90. The maximum Gasteiger partial charge on any atom is 0.244 e. The van der Waals surface area contributed by atoms with E-state index < -0.39 is 6.04 Å². The third-order valence-corrected chi connectivity index (χ3v) is 5.31. The number of anilines is 1. The van der Waals surface area contributed by atoms with Gasteiger partial charge in [0.2, 0.25) is 5.91 Å². The minimum Gasteiger partial charge on any atom is -0.497 e. The van der Waals surface area contributed by atoms with E-state index in [1.165, 1.54) is 0 Å². The van der Waals surface area contributed by atoms with Crippen LogP contribution in [0, 0.1) is 13.8 Å². The van der Waals surface area contributed by atoms with E-state index in [9.17, 15) is 4.79 Å². The number of ether oxygens (including phenoxy) is 2. The van der Waals surface area contributed by atoms with Crippen molar-refractivity contribution in [2.45, 2.75) is 39.2 Å². The van der Waals surface area contributed by atoms with Crippen molar-refractivity contribution in [3.8, 4) is 11.5 Å². The first-order valence-electron chi connectivity index (χ1n) is 9.33. The molecule has 0 spiro atoms. The molecule has 0 saturated carbocycles. The van der Waals surface area contributed by atoms with Gasteiger partial charge in [-0.3, -0.25) is 4.79 Å². The number of nitrogens with zero attached hydrogens (tertiary/aromatic N) is 1. The predicted molar refractivity (Wildman–Crippen MR) is 108 cm³/mol. The van der Waals surface area contributed by atoms with Crippen molar-refractivity contribution in [1.29, 1.82) is 0 Å². The van der Waals surface area contributed by atoms with E-state index in [-0.39, 0.29) is 5.91 Å². The van der Waals surface area contributed by atoms with Crippen LogP contribution in [0.4, 0.5) is 5.69 Å². The second-order valence-electron chi connectivity index (χ2n) is 7.11. The first-order valence-corrected chi connectivity index (χ1v) is 9.33. The quantitative estimate of drug-likeness (QED) is 0.880. The van der Waals surface area contributed by atoms with Crippen LogP contribution < -0.4 is 20.1 Å². The highest BCUT2D eigenvalue weighted by Crippen LogP contribution is 2.36. The SMILES string of the molecule is COc1cc(C)c(C[C@@H](N)C(=O)N2CCCc3cccc(OC)c32)c(C)c1. The number of nitrogens with two attached hydrogens (primary N) is 1. The van der Waals surface area contributed by atoms with Crippen molar-refractivity contribution in [2.75, 3.05) is 25.7 Å². The Balaban J connectivity index is 1.86. The Bertz CT molecular complexity index is 810. The van der Waals surface area contributed by atoms with Crippen LogP contribution in [-0.4, -0.2) is 32.7 Å². The van der Waals surface area contributed by atoms with E-state index in [0.717, 1.165) is 52.3 Å². The van der Waals surface area contributed by atoms with Gasteiger partial charge < -0.3 is 20.1 Å². The Kier molecular flexibility index (Phi) is 5.71. The Morgan fingerprint density at radius 1 is 1.19 bits per heavy atom. The Morgan fingerprint density at radius 3 is 2.52 bits per heavy atom. The normalized spacial score (nSPS) is 14.5. The number of carbonyl (C=O) groups is 1. The standard InChI is InChI=1S/C22H28N2O3/c1-14-11-17(26-3)12-15(2)18(14)13-19(23)22(25)24-10-6-8-16-7-5-9-20(27-4)21(16)24/h5,7,9,11-12,19H,6,8,10,13,23H2,1-4H3/t19-/m1/s1. The molecule has 5 nitrogen and oxygen atoms in total. The van der Waals surface area contributed by atoms with E-state index in [1.54, 1.807) is 19.1 Å². The number of rotatable bonds is 5. The van der Waals surface area contributed by atoms with Gasteiger partial charge in [0.05, 0.1) is 25.9 Å². The number of hydrogen-bond donors (Lipinski definition) is 1. The molecular formula is C22H28N2O3. The number of fused-ring (bicyclic) bond motifs is 1. The summed E-state index contributed by atoms with van der Waals surface area (Å²) in [5.41, 5.74) is 11.7. The highest BCUT2D eigenvalue weighted by atomic mass is 16.5. The van der Waals surface area contributed by atoms with Crippen LogP contribution in [0.3, 0.4) is 0 Å². The van der Waals surface area contributed by atoms with Gasteiger partial charge in [0.25, 0.3) is 0 Å². The average molecular weight is 368 g/mol. The number of amides is 1. The minimum absolute atomic E-state index is 0.0601. The summed E-state index contributed by atoms with van der Waals surface area (Å²) in [7, 11) is 3.29. The van der Waals surface area contributed by atoms with Crippen LogP contribution in [0.5, 0.6) is 11.5 Å². The van der Waals surface area contributed by atoms with Crippen LogP contribution in [0.1, 0.15) is 28.7 Å². The summed E-state index contributed by atoms with van der Waals surface area (Å²) in [5, 5.41) is 0. The van der Waals surface area contributed by atoms with Gasteiger partial charge in [-0.2, -0.15) is 0 Å². The van der Waals surface area contributed by atoms with Gasteiger partial charge in [0, 0.05) is 6.54 Å². The van der Waals surface area contributed by atoms with Gasteiger partial charge >= 0.3 is 0 Å². The molecule has 5 heteroatoms. The molecule has 1 heterocycles. The lowest BCUT2D eigenvalue weighted by Crippen LogP contribution is -2.47. The average Bonchev–Trinajstić information content (AvgIpc) is 2.68. The second-order valence-corrected chi connectivity index (χ2v) is 7.11. The van der Waals surface area contributed by atoms with Crippen LogP contribution >= 0.6 is 0 Å². The van der Waals surface area contributed by atoms with Gasteiger partial charge in [-0.05, 0) is 73.6 Å². The summed E-state index contributed by atoms with van der Waals surface area (Å²) in [6.07, 6.45) is 2.38. The van der Waals surface area contributed by atoms with Crippen molar-refractivity contribution >= 4 is 11.6 Å². The zero-order valence-corrected chi connectivity index (χ0v) is 16.5. The molecule has 2 aromatic rings. The van der Waals surface area contributed by atoms with E-state index in [1.807, 2.05) is 38.1 Å². The smallest absolute Gasteiger partial charge is 0.244 e. The lowest BCUT2D eigenvalue weighted by atomic mass is 9.94. The maximum absolute atomic E-state index is 13.2. The number of benzene rings is 2. The van der Waals surface area contributed by atoms with Gasteiger partial charge in [-0.15, -0.1) is 0 Å². The first-order chi connectivity index (χ1) is 13.0. The van der Waals surface area contributed by atoms with E-state index in [4.69, 9.17) is 15.2 Å². The lowest BCUT2D eigenvalue weighted by Gasteiger charge is -2.32. The molecule has 1 amide bonds. The van der Waals surface area contributed by atoms with Gasteiger partial charge in [-0.25, -0.2) is 0 Å². The molecule has 0 aromatic heterocycles. The zero-order chi connectivity index (χ0) is 19.6. The van der Waals surface area contributed by atoms with Crippen LogP contribution in [0.25, 0.3) is 0 Å². The van der Waals surface area contributed by atoms with Gasteiger partial charge in [-0.1, -0.05) is 12.1 Å². The van der Waals surface area contributed by atoms with Crippen molar-refractivity contribution in [3.63, 3.8) is 0 Å². The fraction of sp³-hybridized carbons (Fsp3) is 0.409. The van der Waals surface area contributed by atoms with Crippen molar-refractivity contribution in [3.05, 3.63) is 52.6 Å². The minimum atomic E-state index is -0.605. The largest absolute Gasteiger partial charge is 0.497 e. The Labute approximate surface area is 161 Å². The summed E-state index contributed by atoms with van der Waals surface area (Å²) in [6, 6.07) is 9.29. The van der Waals surface area contributed by atoms with Crippen LogP contribution in [0.2, 0.25) is 0 Å². The fourth-order valence-electron chi connectivity index (χ4n) is 3.90. The topological polar surface area (TPSA) is 64.8 Å². The third-order valence-electron chi connectivity index (χ3n) is 5.31. The Morgan fingerprint density at radius 2 is 1.89 bits per heavy atom. The summed E-state index contributed by atoms with van der Waals surface area (Å²) in [5.74, 6) is 1.49. The molecule has 0 bridgehead atoms. The molecule has 2 aromatic carbocycles. The summed E-state index contributed by atoms with van der Waals surface area (Å²) in [4.78, 5) is 15.0. The number of hydrogen-bond acceptors (Lipinski definition) is 4. The molecular weight excluding hydrogens is 340 g/mol. The molecule has 1 aliphatic heterocycles. The number of methoxy groups -OCH3 is 2. The summed E-state index contributed by atoms with van der Waals surface area (Å²) < 4.78 is 10.8. The van der Waals surface area contributed by atoms with E-state index in [0.29, 0.717) is 13.0 Å². The van der Waals surface area contributed by atoms with E-state index in [2.05, 4.69) is 6.07 Å². The lowest BCUT2D eigenvalue weighted by molar-refractivity contribution is -0.119. The summed E-state index contributed by atoms with van der Waals surface area (Å²) >= 11 is 0. The van der Waals surface area contributed by atoms with Crippen LogP contribution in [0.15, 0.2) is 30.3 Å². The van der Waals surface area contributed by atoms with Gasteiger partial charge in [0.15, 0.2) is 0 Å². The Hall–Kier alpha value is -2.53. The molecule has 2 N–H and O–H groups in total. The van der Waals surface area contributed by atoms with Crippen molar-refractivity contribution in [1.82, 2.24) is 0 Å². The molecule has 0 fully saturated rings. The molecule has 1 atom stereocenters. The molecule has 27 heavy (non-hydrogen) atoms. The molecule has 0 radical (unpaired) electrons. The highest BCUT2D eigenvalue weighted by Gasteiger charge is 2.29. The predicted octanol–water partition coefficient (Wildman–Crippen LogP) is 3.17. The highest BCUT2D eigenvalue weighted by molar-refractivity contribution is 5.99. The third kappa shape index (κ3) is 3.78. The summed E-state index contributed by atoms with van der Waals surface area (Å²) in [6.45, 7) is 4.73. The second kappa shape index (κ2) is 8.01. The van der Waals surface area contributed by atoms with Crippen LogP contribution in [-0.2, 0) is 17.6 Å². The molecule has 0 unspecified atom stereocenters.